The van der Waals surface area contributed by atoms with Crippen LogP contribution in [0.2, 0.25) is 0 Å². The first-order valence-corrected chi connectivity index (χ1v) is 10.8. The highest BCUT2D eigenvalue weighted by molar-refractivity contribution is 9.11. The summed E-state index contributed by atoms with van der Waals surface area (Å²) in [6.07, 6.45) is 3.85. The van der Waals surface area contributed by atoms with Crippen molar-refractivity contribution in [3.05, 3.63) is 26.9 Å². The number of sulfone groups is 1. The SMILES string of the molecule is CN(C)CCN(C(=O)/C=C/c1ccc(Br)s1)C1CCS(=O)(=O)C1. The Hall–Kier alpha value is -0.700. The van der Waals surface area contributed by atoms with E-state index in [1.54, 1.807) is 28.4 Å². The van der Waals surface area contributed by atoms with Gasteiger partial charge in [-0.3, -0.25) is 4.79 Å². The highest BCUT2D eigenvalue weighted by atomic mass is 79.9. The maximum absolute atomic E-state index is 12.6. The highest BCUT2D eigenvalue weighted by Gasteiger charge is 2.33. The second-order valence-electron chi connectivity index (χ2n) is 5.87. The van der Waals surface area contributed by atoms with Crippen molar-refractivity contribution < 1.29 is 13.2 Å². The van der Waals surface area contributed by atoms with Gasteiger partial charge in [-0.25, -0.2) is 8.42 Å². The molecule has 1 atom stereocenters. The van der Waals surface area contributed by atoms with Crippen LogP contribution >= 0.6 is 27.3 Å². The molecule has 0 N–H and O–H groups in total. The monoisotopic (exact) mass is 420 g/mol. The van der Waals surface area contributed by atoms with Gasteiger partial charge in [0, 0.05) is 30.1 Å². The molecule has 8 heteroatoms. The van der Waals surface area contributed by atoms with E-state index >= 15 is 0 Å². The molecule has 0 bridgehead atoms. The average molecular weight is 421 g/mol. The van der Waals surface area contributed by atoms with Crippen LogP contribution in [-0.4, -0.2) is 68.9 Å². The molecule has 0 radical (unpaired) electrons. The van der Waals surface area contributed by atoms with Gasteiger partial charge in [-0.15, -0.1) is 11.3 Å². The second kappa shape index (κ2) is 7.92. The van der Waals surface area contributed by atoms with Crippen LogP contribution in [0.5, 0.6) is 0 Å². The summed E-state index contributed by atoms with van der Waals surface area (Å²) in [5.74, 6) is 0.119. The topological polar surface area (TPSA) is 57.7 Å². The van der Waals surface area contributed by atoms with Crippen molar-refractivity contribution >= 4 is 49.1 Å². The number of carbonyl (C=O) groups excluding carboxylic acids is 1. The van der Waals surface area contributed by atoms with Gasteiger partial charge in [0.2, 0.25) is 5.91 Å². The van der Waals surface area contributed by atoms with E-state index in [-0.39, 0.29) is 23.5 Å². The lowest BCUT2D eigenvalue weighted by Gasteiger charge is -2.28. The zero-order valence-electron chi connectivity index (χ0n) is 13.2. The van der Waals surface area contributed by atoms with Gasteiger partial charge in [-0.2, -0.15) is 0 Å². The van der Waals surface area contributed by atoms with Gasteiger partial charge in [0.15, 0.2) is 9.84 Å². The van der Waals surface area contributed by atoms with Gasteiger partial charge in [0.25, 0.3) is 0 Å². The van der Waals surface area contributed by atoms with Crippen LogP contribution in [0.4, 0.5) is 0 Å². The minimum absolute atomic E-state index is 0.0740. The Balaban J connectivity index is 2.09. The minimum atomic E-state index is -3.01. The van der Waals surface area contributed by atoms with E-state index in [0.717, 1.165) is 8.66 Å². The van der Waals surface area contributed by atoms with Crippen LogP contribution in [-0.2, 0) is 14.6 Å². The van der Waals surface area contributed by atoms with E-state index in [1.165, 1.54) is 0 Å². The van der Waals surface area contributed by atoms with Crippen LogP contribution in [0, 0.1) is 0 Å². The van der Waals surface area contributed by atoms with Crippen molar-refractivity contribution in [2.45, 2.75) is 12.5 Å². The fourth-order valence-corrected chi connectivity index (χ4v) is 5.53. The normalized spacial score (nSPS) is 20.4. The Morgan fingerprint density at radius 2 is 2.13 bits per heavy atom. The fourth-order valence-electron chi connectivity index (χ4n) is 2.47. The molecule has 0 spiro atoms. The zero-order chi connectivity index (χ0) is 17.0. The lowest BCUT2D eigenvalue weighted by molar-refractivity contribution is -0.127. The average Bonchev–Trinajstić information content (AvgIpc) is 3.02. The molecule has 128 valence electrons. The van der Waals surface area contributed by atoms with Crippen LogP contribution < -0.4 is 0 Å². The predicted molar refractivity (Wildman–Crippen MR) is 98.4 cm³/mol. The Morgan fingerprint density at radius 1 is 1.39 bits per heavy atom. The van der Waals surface area contributed by atoms with Crippen molar-refractivity contribution in [3.63, 3.8) is 0 Å². The van der Waals surface area contributed by atoms with Gasteiger partial charge in [0.1, 0.15) is 0 Å². The summed E-state index contributed by atoms with van der Waals surface area (Å²) in [6.45, 7) is 1.24. The molecule has 2 heterocycles. The number of nitrogens with zero attached hydrogens (tertiary/aromatic N) is 2. The second-order valence-corrected chi connectivity index (χ2v) is 10.6. The van der Waals surface area contributed by atoms with E-state index in [9.17, 15) is 13.2 Å². The number of carbonyl (C=O) groups is 1. The molecule has 1 amide bonds. The van der Waals surface area contributed by atoms with Gasteiger partial charge in [-0.1, -0.05) is 0 Å². The summed E-state index contributed by atoms with van der Waals surface area (Å²) in [5, 5.41) is 0. The minimum Gasteiger partial charge on any atom is -0.334 e. The lowest BCUT2D eigenvalue weighted by atomic mass is 10.2. The Labute approximate surface area is 150 Å². The van der Waals surface area contributed by atoms with E-state index in [2.05, 4.69) is 15.9 Å². The Morgan fingerprint density at radius 3 is 2.65 bits per heavy atom. The molecule has 23 heavy (non-hydrogen) atoms. The van der Waals surface area contributed by atoms with Crippen LogP contribution in [0.1, 0.15) is 11.3 Å². The summed E-state index contributed by atoms with van der Waals surface area (Å²) >= 11 is 4.94. The third kappa shape index (κ3) is 5.70. The fraction of sp³-hybridized carbons (Fsp3) is 0.533. The lowest BCUT2D eigenvalue weighted by Crippen LogP contribution is -2.43. The molecule has 0 aliphatic carbocycles. The largest absolute Gasteiger partial charge is 0.334 e. The highest BCUT2D eigenvalue weighted by Crippen LogP contribution is 2.23. The molecule has 2 rings (SSSR count). The van der Waals surface area contributed by atoms with Gasteiger partial charge < -0.3 is 9.80 Å². The summed E-state index contributed by atoms with van der Waals surface area (Å²) in [5.41, 5.74) is 0. The van der Waals surface area contributed by atoms with Crippen molar-refractivity contribution in [2.24, 2.45) is 0 Å². The molecule has 1 fully saturated rings. The zero-order valence-corrected chi connectivity index (χ0v) is 16.5. The molecule has 1 saturated heterocycles. The molecule has 1 aromatic rings. The summed E-state index contributed by atoms with van der Waals surface area (Å²) in [4.78, 5) is 17.2. The molecule has 0 aromatic carbocycles. The number of hydrogen-bond donors (Lipinski definition) is 0. The summed E-state index contributed by atoms with van der Waals surface area (Å²) < 4.78 is 24.4. The van der Waals surface area contributed by atoms with Crippen LogP contribution in [0.25, 0.3) is 6.08 Å². The van der Waals surface area contributed by atoms with Gasteiger partial charge in [0.05, 0.1) is 15.3 Å². The Bertz CT molecular complexity index is 683. The van der Waals surface area contributed by atoms with Gasteiger partial charge in [-0.05, 0) is 54.7 Å². The summed E-state index contributed by atoms with van der Waals surface area (Å²) in [7, 11) is 0.863. The molecular weight excluding hydrogens is 400 g/mol. The van der Waals surface area contributed by atoms with E-state index in [4.69, 9.17) is 0 Å². The Kier molecular flexibility index (Phi) is 6.41. The number of amides is 1. The maximum atomic E-state index is 12.6. The molecule has 0 saturated carbocycles. The molecular formula is C15H21BrN2O3S2. The maximum Gasteiger partial charge on any atom is 0.246 e. The van der Waals surface area contributed by atoms with Crippen molar-refractivity contribution in [2.75, 3.05) is 38.7 Å². The standard InChI is InChI=1S/C15H21BrN2O3S2/c1-17(2)8-9-18(12-7-10-23(20,21)11-12)15(19)6-4-13-3-5-14(16)22-13/h3-6,12H,7-11H2,1-2H3/b6-4+. The van der Waals surface area contributed by atoms with Crippen LogP contribution in [0.15, 0.2) is 22.0 Å². The van der Waals surface area contributed by atoms with Crippen molar-refractivity contribution in [1.29, 1.82) is 0 Å². The first kappa shape index (κ1) is 18.6. The first-order chi connectivity index (χ1) is 10.8. The molecule has 1 aliphatic heterocycles. The van der Waals surface area contributed by atoms with Gasteiger partial charge >= 0.3 is 0 Å². The molecule has 1 unspecified atom stereocenters. The molecule has 1 aliphatic rings. The van der Waals surface area contributed by atoms with E-state index in [0.29, 0.717) is 19.5 Å². The molecule has 1 aromatic heterocycles. The summed E-state index contributed by atoms with van der Waals surface area (Å²) in [6, 6.07) is 3.65. The number of hydrogen-bond acceptors (Lipinski definition) is 5. The van der Waals surface area contributed by atoms with Crippen molar-refractivity contribution in [3.8, 4) is 0 Å². The van der Waals surface area contributed by atoms with E-state index < -0.39 is 9.84 Å². The quantitative estimate of drug-likeness (QED) is 0.661. The van der Waals surface area contributed by atoms with E-state index in [1.807, 2.05) is 31.1 Å². The first-order valence-electron chi connectivity index (χ1n) is 7.36. The predicted octanol–water partition coefficient (Wildman–Crippen LogP) is 2.10. The molecule has 5 nitrogen and oxygen atoms in total. The number of thiophene rings is 1. The third-order valence-electron chi connectivity index (χ3n) is 3.70. The van der Waals surface area contributed by atoms with Crippen molar-refractivity contribution in [1.82, 2.24) is 9.80 Å². The third-order valence-corrected chi connectivity index (χ3v) is 7.04. The van der Waals surface area contributed by atoms with Crippen LogP contribution in [0.3, 0.4) is 0 Å². The number of rotatable bonds is 6. The number of likely N-dealkylation sites (N-methyl/N-ethyl adjacent to an activating group) is 1. The smallest absolute Gasteiger partial charge is 0.246 e. The number of halogens is 1.